The zero-order chi connectivity index (χ0) is 17.5. The molecule has 1 heterocycles. The predicted molar refractivity (Wildman–Crippen MR) is 89.2 cm³/mol. The van der Waals surface area contributed by atoms with Crippen molar-refractivity contribution in [1.29, 1.82) is 0 Å². The van der Waals surface area contributed by atoms with Gasteiger partial charge in [0.2, 0.25) is 5.91 Å². The molecule has 1 aromatic carbocycles. The average molecular weight is 332 g/mol. The van der Waals surface area contributed by atoms with Gasteiger partial charge in [-0.25, -0.2) is 4.79 Å². The molecule has 1 aromatic rings. The van der Waals surface area contributed by atoms with Crippen LogP contribution in [-0.4, -0.2) is 42.4 Å². The second kappa shape index (κ2) is 8.47. The smallest absolute Gasteiger partial charge is 0.338 e. The molecular formula is C18H24N2O4. The highest BCUT2D eigenvalue weighted by molar-refractivity contribution is 5.91. The number of nitrogens with zero attached hydrogens (tertiary/aromatic N) is 1. The Morgan fingerprint density at radius 1 is 1.17 bits per heavy atom. The number of rotatable bonds is 5. The third-order valence-corrected chi connectivity index (χ3v) is 4.19. The second-order valence-corrected chi connectivity index (χ2v) is 6.25. The third kappa shape index (κ3) is 5.37. The summed E-state index contributed by atoms with van der Waals surface area (Å²) in [6, 6.07) is 6.76. The second-order valence-electron chi connectivity index (χ2n) is 6.25. The van der Waals surface area contributed by atoms with E-state index in [-0.39, 0.29) is 18.4 Å². The van der Waals surface area contributed by atoms with Gasteiger partial charge in [-0.2, -0.15) is 0 Å². The van der Waals surface area contributed by atoms with Crippen LogP contribution in [0, 0.1) is 5.92 Å². The molecule has 1 saturated heterocycles. The molecule has 130 valence electrons. The first-order valence-electron chi connectivity index (χ1n) is 8.24. The van der Waals surface area contributed by atoms with E-state index in [1.165, 1.54) is 6.92 Å². The highest BCUT2D eigenvalue weighted by atomic mass is 16.5. The topological polar surface area (TPSA) is 75.7 Å². The molecule has 0 atom stereocenters. The van der Waals surface area contributed by atoms with Crippen LogP contribution >= 0.6 is 0 Å². The fraction of sp³-hybridized carbons (Fsp3) is 0.500. The molecule has 1 aliphatic rings. The number of carbonyl (C=O) groups excluding carboxylic acids is 3. The number of benzene rings is 1. The van der Waals surface area contributed by atoms with Crippen molar-refractivity contribution >= 4 is 17.8 Å². The van der Waals surface area contributed by atoms with Gasteiger partial charge in [-0.05, 0) is 36.5 Å². The predicted octanol–water partition coefficient (Wildman–Crippen LogP) is 1.74. The van der Waals surface area contributed by atoms with E-state index >= 15 is 0 Å². The number of hydrogen-bond acceptors (Lipinski definition) is 4. The van der Waals surface area contributed by atoms with Crippen molar-refractivity contribution in [3.05, 3.63) is 35.4 Å². The lowest BCUT2D eigenvalue weighted by Gasteiger charge is -2.30. The molecule has 0 aliphatic carbocycles. The Morgan fingerprint density at radius 2 is 1.79 bits per heavy atom. The first-order valence-corrected chi connectivity index (χ1v) is 8.24. The Hall–Kier alpha value is -2.37. The molecule has 2 rings (SSSR count). The Balaban J connectivity index is 1.79. The van der Waals surface area contributed by atoms with Crippen LogP contribution in [-0.2, 0) is 20.9 Å². The van der Waals surface area contributed by atoms with Crippen LogP contribution in [0.1, 0.15) is 42.6 Å². The number of ether oxygens (including phenoxy) is 1. The molecule has 1 N–H and O–H groups in total. The van der Waals surface area contributed by atoms with Gasteiger partial charge in [0, 0.05) is 26.6 Å². The Morgan fingerprint density at radius 3 is 2.38 bits per heavy atom. The van der Waals surface area contributed by atoms with Crippen LogP contribution in [0.5, 0.6) is 0 Å². The van der Waals surface area contributed by atoms with E-state index in [1.54, 1.807) is 29.2 Å². The summed E-state index contributed by atoms with van der Waals surface area (Å²) in [6.45, 7) is 5.28. The van der Waals surface area contributed by atoms with E-state index in [9.17, 15) is 14.4 Å². The maximum atomic E-state index is 12.1. The van der Waals surface area contributed by atoms with E-state index < -0.39 is 5.97 Å². The lowest BCUT2D eigenvalue weighted by molar-refractivity contribution is -0.135. The summed E-state index contributed by atoms with van der Waals surface area (Å²) in [5, 5.41) is 2.68. The number of likely N-dealkylation sites (tertiary alicyclic amines) is 1. The van der Waals surface area contributed by atoms with Gasteiger partial charge in [-0.1, -0.05) is 19.1 Å². The molecule has 6 nitrogen and oxygen atoms in total. The third-order valence-electron chi connectivity index (χ3n) is 4.19. The lowest BCUT2D eigenvalue weighted by atomic mass is 9.99. The fourth-order valence-electron chi connectivity index (χ4n) is 2.55. The molecule has 0 saturated carbocycles. The summed E-state index contributed by atoms with van der Waals surface area (Å²) in [5.41, 5.74) is 1.28. The quantitative estimate of drug-likeness (QED) is 0.833. The average Bonchev–Trinajstić information content (AvgIpc) is 2.58. The Labute approximate surface area is 142 Å². The van der Waals surface area contributed by atoms with E-state index in [1.807, 2.05) is 0 Å². The molecule has 2 amide bonds. The highest BCUT2D eigenvalue weighted by Gasteiger charge is 2.21. The largest absolute Gasteiger partial charge is 0.452 e. The normalized spacial score (nSPS) is 15.0. The van der Waals surface area contributed by atoms with E-state index in [2.05, 4.69) is 12.2 Å². The standard InChI is InChI=1S/C18H24N2O4/c1-13-7-9-20(10-8-13)17(22)12-24-18(23)16-5-3-15(4-6-16)11-19-14(2)21/h3-6,13H,7-12H2,1-2H3,(H,19,21). The number of esters is 1. The van der Waals surface area contributed by atoms with Gasteiger partial charge < -0.3 is 15.0 Å². The summed E-state index contributed by atoms with van der Waals surface area (Å²) in [6.07, 6.45) is 1.99. The summed E-state index contributed by atoms with van der Waals surface area (Å²) in [7, 11) is 0. The van der Waals surface area contributed by atoms with Crippen molar-refractivity contribution in [2.24, 2.45) is 5.92 Å². The van der Waals surface area contributed by atoms with E-state index in [0.29, 0.717) is 18.0 Å². The first-order chi connectivity index (χ1) is 11.5. The van der Waals surface area contributed by atoms with E-state index in [0.717, 1.165) is 31.5 Å². The minimum atomic E-state index is -0.514. The van der Waals surface area contributed by atoms with Gasteiger partial charge in [-0.15, -0.1) is 0 Å². The van der Waals surface area contributed by atoms with Crippen molar-refractivity contribution in [2.75, 3.05) is 19.7 Å². The van der Waals surface area contributed by atoms with Crippen molar-refractivity contribution in [3.63, 3.8) is 0 Å². The minimum Gasteiger partial charge on any atom is -0.452 e. The van der Waals surface area contributed by atoms with Gasteiger partial charge in [0.25, 0.3) is 5.91 Å². The SMILES string of the molecule is CC(=O)NCc1ccc(C(=O)OCC(=O)N2CCC(C)CC2)cc1. The molecule has 6 heteroatoms. The molecule has 0 bridgehead atoms. The molecule has 0 spiro atoms. The Kier molecular flexibility index (Phi) is 6.35. The minimum absolute atomic E-state index is 0.107. The van der Waals surface area contributed by atoms with Crippen molar-refractivity contribution in [3.8, 4) is 0 Å². The van der Waals surface area contributed by atoms with E-state index in [4.69, 9.17) is 4.74 Å². The summed E-state index contributed by atoms with van der Waals surface area (Å²) < 4.78 is 5.11. The molecule has 0 radical (unpaired) electrons. The van der Waals surface area contributed by atoms with Crippen molar-refractivity contribution in [1.82, 2.24) is 10.2 Å². The number of piperidine rings is 1. The summed E-state index contributed by atoms with van der Waals surface area (Å²) >= 11 is 0. The number of carbonyl (C=O) groups is 3. The molecular weight excluding hydrogens is 308 g/mol. The van der Waals surface area contributed by atoms with Gasteiger partial charge in [-0.3, -0.25) is 9.59 Å². The van der Waals surface area contributed by atoms with Crippen LogP contribution in [0.4, 0.5) is 0 Å². The van der Waals surface area contributed by atoms with Crippen molar-refractivity contribution < 1.29 is 19.1 Å². The zero-order valence-corrected chi connectivity index (χ0v) is 14.2. The van der Waals surface area contributed by atoms with Crippen LogP contribution < -0.4 is 5.32 Å². The zero-order valence-electron chi connectivity index (χ0n) is 14.2. The number of hydrogen-bond donors (Lipinski definition) is 1. The lowest BCUT2D eigenvalue weighted by Crippen LogP contribution is -2.40. The molecule has 1 fully saturated rings. The maximum absolute atomic E-state index is 12.1. The van der Waals surface area contributed by atoms with Crippen LogP contribution in [0.3, 0.4) is 0 Å². The molecule has 1 aliphatic heterocycles. The number of amides is 2. The monoisotopic (exact) mass is 332 g/mol. The van der Waals surface area contributed by atoms with Crippen LogP contribution in [0.2, 0.25) is 0 Å². The summed E-state index contributed by atoms with van der Waals surface area (Å²) in [5.74, 6) is -0.117. The molecule has 24 heavy (non-hydrogen) atoms. The molecule has 0 aromatic heterocycles. The van der Waals surface area contributed by atoms with Gasteiger partial charge in [0.05, 0.1) is 5.56 Å². The first kappa shape index (κ1) is 18.0. The molecule has 0 unspecified atom stereocenters. The number of nitrogens with one attached hydrogen (secondary N) is 1. The van der Waals surface area contributed by atoms with Gasteiger partial charge >= 0.3 is 5.97 Å². The Bertz CT molecular complexity index is 590. The highest BCUT2D eigenvalue weighted by Crippen LogP contribution is 2.16. The summed E-state index contributed by atoms with van der Waals surface area (Å²) in [4.78, 5) is 36.7. The van der Waals surface area contributed by atoms with Crippen LogP contribution in [0.15, 0.2) is 24.3 Å². The maximum Gasteiger partial charge on any atom is 0.338 e. The van der Waals surface area contributed by atoms with Gasteiger partial charge in [0.1, 0.15) is 0 Å². The van der Waals surface area contributed by atoms with Crippen molar-refractivity contribution in [2.45, 2.75) is 33.2 Å². The fourth-order valence-corrected chi connectivity index (χ4v) is 2.55. The van der Waals surface area contributed by atoms with Crippen LogP contribution in [0.25, 0.3) is 0 Å². The van der Waals surface area contributed by atoms with Gasteiger partial charge in [0.15, 0.2) is 6.61 Å².